The molecule has 1 unspecified atom stereocenters. The molecule has 2 rings (SSSR count). The predicted molar refractivity (Wildman–Crippen MR) is 67.2 cm³/mol. The van der Waals surface area contributed by atoms with Gasteiger partial charge in [-0.3, -0.25) is 4.79 Å². The fourth-order valence-electron chi connectivity index (χ4n) is 1.94. The Bertz CT molecular complexity index is 475. The van der Waals surface area contributed by atoms with Crippen molar-refractivity contribution in [3.8, 4) is 6.07 Å². The lowest BCUT2D eigenvalue weighted by molar-refractivity contribution is -0.123. The number of para-hydroxylation sites is 1. The molecule has 5 nitrogen and oxygen atoms in total. The molecule has 1 aliphatic rings. The van der Waals surface area contributed by atoms with Crippen LogP contribution in [0, 0.1) is 11.3 Å². The number of hydrogen-bond acceptors (Lipinski definition) is 4. The summed E-state index contributed by atoms with van der Waals surface area (Å²) in [7, 11) is 1.68. The first kappa shape index (κ1) is 12.6. The fraction of sp³-hybridized carbons (Fsp3) is 0.385. The Morgan fingerprint density at radius 1 is 1.56 bits per heavy atom. The number of hydrogen-bond donors (Lipinski definition) is 1. The summed E-state index contributed by atoms with van der Waals surface area (Å²) in [5, 5.41) is 12.1. The third-order valence-corrected chi connectivity index (χ3v) is 2.94. The second kappa shape index (κ2) is 5.63. The van der Waals surface area contributed by atoms with Crippen molar-refractivity contribution in [1.82, 2.24) is 5.32 Å². The van der Waals surface area contributed by atoms with Crippen LogP contribution in [0.2, 0.25) is 0 Å². The zero-order valence-corrected chi connectivity index (χ0v) is 10.2. The highest BCUT2D eigenvalue weighted by molar-refractivity contribution is 5.97. The van der Waals surface area contributed by atoms with E-state index in [4.69, 9.17) is 10.00 Å². The molecule has 1 aromatic carbocycles. The maximum Gasteiger partial charge on any atom is 0.246 e. The SMILES string of the molecule is CN(C(=O)C1COCCN1)c1ccccc1C#N. The molecule has 94 valence electrons. The normalized spacial score (nSPS) is 19.0. The molecular formula is C13H15N3O2. The smallest absolute Gasteiger partial charge is 0.246 e. The maximum absolute atomic E-state index is 12.2. The first-order valence-corrected chi connectivity index (χ1v) is 5.82. The van der Waals surface area contributed by atoms with E-state index >= 15 is 0 Å². The number of morpholine rings is 1. The minimum absolute atomic E-state index is 0.0857. The third kappa shape index (κ3) is 2.50. The van der Waals surface area contributed by atoms with E-state index in [0.717, 1.165) is 0 Å². The van der Waals surface area contributed by atoms with Crippen LogP contribution < -0.4 is 10.2 Å². The van der Waals surface area contributed by atoms with Gasteiger partial charge in [-0.05, 0) is 12.1 Å². The van der Waals surface area contributed by atoms with Crippen molar-refractivity contribution in [2.24, 2.45) is 0 Å². The molecule has 5 heteroatoms. The number of amides is 1. The van der Waals surface area contributed by atoms with Gasteiger partial charge in [0, 0.05) is 13.6 Å². The van der Waals surface area contributed by atoms with E-state index in [1.807, 2.05) is 6.07 Å². The van der Waals surface area contributed by atoms with Gasteiger partial charge in [-0.25, -0.2) is 0 Å². The van der Waals surface area contributed by atoms with Crippen LogP contribution in [0.5, 0.6) is 0 Å². The van der Waals surface area contributed by atoms with Crippen molar-refractivity contribution in [1.29, 1.82) is 5.26 Å². The summed E-state index contributed by atoms with van der Waals surface area (Å²) in [6.45, 7) is 1.67. The second-order valence-electron chi connectivity index (χ2n) is 4.11. The van der Waals surface area contributed by atoms with Gasteiger partial charge in [-0.1, -0.05) is 12.1 Å². The Labute approximate surface area is 106 Å². The largest absolute Gasteiger partial charge is 0.378 e. The molecule has 1 N–H and O–H groups in total. The first-order chi connectivity index (χ1) is 8.74. The Morgan fingerprint density at radius 2 is 2.33 bits per heavy atom. The van der Waals surface area contributed by atoms with Crippen LogP contribution in [0.1, 0.15) is 5.56 Å². The topological polar surface area (TPSA) is 65.4 Å². The Morgan fingerprint density at radius 3 is 3.00 bits per heavy atom. The van der Waals surface area contributed by atoms with Gasteiger partial charge in [-0.15, -0.1) is 0 Å². The van der Waals surface area contributed by atoms with Crippen molar-refractivity contribution < 1.29 is 9.53 Å². The molecule has 1 fully saturated rings. The number of carbonyl (C=O) groups is 1. The number of nitrogens with zero attached hydrogens (tertiary/aromatic N) is 2. The minimum Gasteiger partial charge on any atom is -0.378 e. The standard InChI is InChI=1S/C13H15N3O2/c1-16(12-5-3-2-4-10(12)8-14)13(17)11-9-18-7-6-15-11/h2-5,11,15H,6-7,9H2,1H3. The van der Waals surface area contributed by atoms with Crippen molar-refractivity contribution in [2.45, 2.75) is 6.04 Å². The van der Waals surface area contributed by atoms with E-state index in [1.54, 1.807) is 25.2 Å². The van der Waals surface area contributed by atoms with E-state index in [2.05, 4.69) is 11.4 Å². The molecule has 1 aromatic rings. The quantitative estimate of drug-likeness (QED) is 0.824. The number of ether oxygens (including phenoxy) is 1. The summed E-state index contributed by atoms with van der Waals surface area (Å²) < 4.78 is 5.27. The maximum atomic E-state index is 12.2. The number of anilines is 1. The molecule has 0 saturated carbocycles. The number of nitriles is 1. The van der Waals surface area contributed by atoms with Crippen LogP contribution in [0.15, 0.2) is 24.3 Å². The molecule has 1 heterocycles. The summed E-state index contributed by atoms with van der Waals surface area (Å²) >= 11 is 0. The van der Waals surface area contributed by atoms with E-state index in [0.29, 0.717) is 31.0 Å². The van der Waals surface area contributed by atoms with E-state index in [9.17, 15) is 4.79 Å². The summed E-state index contributed by atoms with van der Waals surface area (Å²) in [6.07, 6.45) is 0. The molecule has 18 heavy (non-hydrogen) atoms. The lowest BCUT2D eigenvalue weighted by Gasteiger charge is -2.27. The van der Waals surface area contributed by atoms with Gasteiger partial charge in [0.15, 0.2) is 0 Å². The van der Waals surface area contributed by atoms with Crippen LogP contribution in [0.4, 0.5) is 5.69 Å². The van der Waals surface area contributed by atoms with E-state index < -0.39 is 0 Å². The molecule has 0 aromatic heterocycles. The number of benzene rings is 1. The minimum atomic E-state index is -0.338. The van der Waals surface area contributed by atoms with Crippen molar-refractivity contribution in [3.05, 3.63) is 29.8 Å². The summed E-state index contributed by atoms with van der Waals surface area (Å²) in [4.78, 5) is 13.7. The van der Waals surface area contributed by atoms with Crippen molar-refractivity contribution >= 4 is 11.6 Å². The van der Waals surface area contributed by atoms with Gasteiger partial charge < -0.3 is 15.0 Å². The zero-order chi connectivity index (χ0) is 13.0. The predicted octanol–water partition coefficient (Wildman–Crippen LogP) is 0.509. The van der Waals surface area contributed by atoms with Gasteiger partial charge in [0.05, 0.1) is 24.5 Å². The van der Waals surface area contributed by atoms with Gasteiger partial charge in [0.2, 0.25) is 5.91 Å². The van der Waals surface area contributed by atoms with Crippen molar-refractivity contribution in [3.63, 3.8) is 0 Å². The van der Waals surface area contributed by atoms with E-state index in [-0.39, 0.29) is 11.9 Å². The number of carbonyl (C=O) groups excluding carboxylic acids is 1. The number of nitrogens with one attached hydrogen (secondary N) is 1. The Balaban J connectivity index is 2.17. The van der Waals surface area contributed by atoms with Gasteiger partial charge >= 0.3 is 0 Å². The lowest BCUT2D eigenvalue weighted by Crippen LogP contribution is -2.51. The second-order valence-corrected chi connectivity index (χ2v) is 4.11. The number of rotatable bonds is 2. The monoisotopic (exact) mass is 245 g/mol. The van der Waals surface area contributed by atoms with Crippen LogP contribution >= 0.6 is 0 Å². The molecule has 0 aliphatic carbocycles. The zero-order valence-electron chi connectivity index (χ0n) is 10.2. The number of likely N-dealkylation sites (N-methyl/N-ethyl adjacent to an activating group) is 1. The van der Waals surface area contributed by atoms with Crippen LogP contribution in [-0.2, 0) is 9.53 Å². The lowest BCUT2D eigenvalue weighted by atomic mass is 10.1. The average molecular weight is 245 g/mol. The molecule has 1 amide bonds. The molecule has 1 saturated heterocycles. The highest BCUT2D eigenvalue weighted by Crippen LogP contribution is 2.19. The van der Waals surface area contributed by atoms with Gasteiger partial charge in [0.25, 0.3) is 0 Å². The summed E-state index contributed by atoms with van der Waals surface area (Å²) in [5.41, 5.74) is 1.11. The highest BCUT2D eigenvalue weighted by atomic mass is 16.5. The summed E-state index contributed by atoms with van der Waals surface area (Å²) in [5.74, 6) is -0.0857. The Hall–Kier alpha value is -1.90. The van der Waals surface area contributed by atoms with Crippen LogP contribution in [0.3, 0.4) is 0 Å². The van der Waals surface area contributed by atoms with E-state index in [1.165, 1.54) is 4.90 Å². The molecular weight excluding hydrogens is 230 g/mol. The molecule has 1 atom stereocenters. The Kier molecular flexibility index (Phi) is 3.92. The fourth-order valence-corrected chi connectivity index (χ4v) is 1.94. The van der Waals surface area contributed by atoms with Crippen molar-refractivity contribution in [2.75, 3.05) is 31.7 Å². The first-order valence-electron chi connectivity index (χ1n) is 5.82. The van der Waals surface area contributed by atoms with Crippen LogP contribution in [-0.4, -0.2) is 38.8 Å². The molecule has 0 bridgehead atoms. The highest BCUT2D eigenvalue weighted by Gasteiger charge is 2.25. The van der Waals surface area contributed by atoms with Gasteiger partial charge in [0.1, 0.15) is 12.1 Å². The summed E-state index contributed by atoms with van der Waals surface area (Å²) in [6, 6.07) is 8.80. The average Bonchev–Trinajstić information content (AvgIpc) is 2.46. The molecule has 0 radical (unpaired) electrons. The van der Waals surface area contributed by atoms with Gasteiger partial charge in [-0.2, -0.15) is 5.26 Å². The van der Waals surface area contributed by atoms with Crippen LogP contribution in [0.25, 0.3) is 0 Å². The third-order valence-electron chi connectivity index (χ3n) is 2.94. The molecule has 0 spiro atoms. The molecule has 1 aliphatic heterocycles.